The van der Waals surface area contributed by atoms with Gasteiger partial charge in [0.1, 0.15) is 12.4 Å². The summed E-state index contributed by atoms with van der Waals surface area (Å²) in [5, 5.41) is 0.150. The average Bonchev–Trinajstić information content (AvgIpc) is 2.73. The van der Waals surface area contributed by atoms with Gasteiger partial charge in [0.25, 0.3) is 0 Å². The lowest BCUT2D eigenvalue weighted by Gasteiger charge is -2.26. The zero-order valence-electron chi connectivity index (χ0n) is 15.6. The van der Waals surface area contributed by atoms with Crippen molar-refractivity contribution in [2.75, 3.05) is 20.2 Å². The molecule has 2 aromatic carbocycles. The van der Waals surface area contributed by atoms with E-state index in [0.717, 1.165) is 24.8 Å². The Morgan fingerprint density at radius 3 is 2.39 bits per heavy atom. The molecule has 0 aromatic heterocycles. The zero-order valence-corrected chi connectivity index (χ0v) is 17.1. The lowest BCUT2D eigenvalue weighted by Crippen LogP contribution is -2.35. The first kappa shape index (κ1) is 20.6. The SMILES string of the molecule is COc1ccc(COC(=O)c2cc(S(=O)(=O)N3CCCCC3)ccc2Cl)cc1. The maximum absolute atomic E-state index is 12.8. The summed E-state index contributed by atoms with van der Waals surface area (Å²) >= 11 is 6.12. The van der Waals surface area contributed by atoms with Crippen LogP contribution in [0.2, 0.25) is 5.02 Å². The van der Waals surface area contributed by atoms with E-state index in [1.165, 1.54) is 22.5 Å². The summed E-state index contributed by atoms with van der Waals surface area (Å²) in [7, 11) is -2.09. The second-order valence-corrected chi connectivity index (χ2v) is 8.88. The molecular formula is C20H22ClNO5S. The molecule has 150 valence electrons. The lowest BCUT2D eigenvalue weighted by molar-refractivity contribution is 0.0472. The number of benzene rings is 2. The Morgan fingerprint density at radius 2 is 1.75 bits per heavy atom. The fourth-order valence-corrected chi connectivity index (χ4v) is 4.76. The number of hydrogen-bond acceptors (Lipinski definition) is 5. The van der Waals surface area contributed by atoms with Gasteiger partial charge in [0.05, 0.1) is 22.6 Å². The quantitative estimate of drug-likeness (QED) is 0.659. The molecular weight excluding hydrogens is 402 g/mol. The van der Waals surface area contributed by atoms with Crippen molar-refractivity contribution in [3.63, 3.8) is 0 Å². The van der Waals surface area contributed by atoms with Crippen molar-refractivity contribution in [1.82, 2.24) is 4.31 Å². The van der Waals surface area contributed by atoms with Crippen LogP contribution in [0.5, 0.6) is 5.75 Å². The molecule has 0 N–H and O–H groups in total. The van der Waals surface area contributed by atoms with Gasteiger partial charge >= 0.3 is 5.97 Å². The van der Waals surface area contributed by atoms with E-state index in [-0.39, 0.29) is 22.1 Å². The Labute approximate surface area is 170 Å². The molecule has 1 aliphatic rings. The topological polar surface area (TPSA) is 72.9 Å². The number of methoxy groups -OCH3 is 1. The van der Waals surface area contributed by atoms with Gasteiger partial charge in [-0.2, -0.15) is 4.31 Å². The molecule has 8 heteroatoms. The van der Waals surface area contributed by atoms with Crippen molar-refractivity contribution in [2.24, 2.45) is 0 Å². The Morgan fingerprint density at radius 1 is 1.07 bits per heavy atom. The van der Waals surface area contributed by atoms with Gasteiger partial charge in [-0.1, -0.05) is 30.2 Å². The zero-order chi connectivity index (χ0) is 20.1. The lowest BCUT2D eigenvalue weighted by atomic mass is 10.2. The number of carbonyl (C=O) groups excluding carboxylic acids is 1. The van der Waals surface area contributed by atoms with Crippen molar-refractivity contribution in [3.8, 4) is 5.75 Å². The number of sulfonamides is 1. The molecule has 3 rings (SSSR count). The van der Waals surface area contributed by atoms with E-state index in [1.807, 2.05) is 0 Å². The van der Waals surface area contributed by atoms with Crippen molar-refractivity contribution in [2.45, 2.75) is 30.8 Å². The highest BCUT2D eigenvalue weighted by Gasteiger charge is 2.27. The van der Waals surface area contributed by atoms with Crippen LogP contribution < -0.4 is 4.74 Å². The van der Waals surface area contributed by atoms with Crippen LogP contribution in [0.25, 0.3) is 0 Å². The Kier molecular flexibility index (Phi) is 6.59. The average molecular weight is 424 g/mol. The number of halogens is 1. The summed E-state index contributed by atoms with van der Waals surface area (Å²) in [5.41, 5.74) is 0.815. The Balaban J connectivity index is 1.75. The number of hydrogen-bond donors (Lipinski definition) is 0. The van der Waals surface area contributed by atoms with Gasteiger partial charge in [-0.15, -0.1) is 0 Å². The molecule has 0 saturated carbocycles. The largest absolute Gasteiger partial charge is 0.497 e. The summed E-state index contributed by atoms with van der Waals surface area (Å²) in [5.74, 6) is 0.0326. The highest BCUT2D eigenvalue weighted by atomic mass is 35.5. The Hall–Kier alpha value is -2.09. The minimum absolute atomic E-state index is 0.0354. The second kappa shape index (κ2) is 8.94. The maximum Gasteiger partial charge on any atom is 0.340 e. The highest BCUT2D eigenvalue weighted by molar-refractivity contribution is 7.89. The van der Waals surface area contributed by atoms with Gasteiger partial charge in [-0.05, 0) is 48.7 Å². The van der Waals surface area contributed by atoms with Crippen LogP contribution in [0.15, 0.2) is 47.4 Å². The van der Waals surface area contributed by atoms with Gasteiger partial charge < -0.3 is 9.47 Å². The summed E-state index contributed by atoms with van der Waals surface area (Å²) in [6.07, 6.45) is 2.70. The fraction of sp³-hybridized carbons (Fsp3) is 0.350. The van der Waals surface area contributed by atoms with Crippen LogP contribution in [0.3, 0.4) is 0 Å². The van der Waals surface area contributed by atoms with E-state index in [2.05, 4.69) is 0 Å². The van der Waals surface area contributed by atoms with Crippen LogP contribution in [0.4, 0.5) is 0 Å². The second-order valence-electron chi connectivity index (χ2n) is 6.53. The predicted octanol–water partition coefficient (Wildman–Crippen LogP) is 3.88. The number of nitrogens with zero attached hydrogens (tertiary/aromatic N) is 1. The molecule has 0 radical (unpaired) electrons. The summed E-state index contributed by atoms with van der Waals surface area (Å²) in [6.45, 7) is 1.02. The molecule has 6 nitrogen and oxygen atoms in total. The van der Waals surface area contributed by atoms with E-state index in [0.29, 0.717) is 18.8 Å². The minimum atomic E-state index is -3.66. The van der Waals surface area contributed by atoms with Gasteiger partial charge in [0.15, 0.2) is 0 Å². The first-order valence-corrected chi connectivity index (χ1v) is 10.8. The molecule has 0 bridgehead atoms. The summed E-state index contributed by atoms with van der Waals surface area (Å²) in [4.78, 5) is 12.5. The van der Waals surface area contributed by atoms with E-state index >= 15 is 0 Å². The van der Waals surface area contributed by atoms with Gasteiger partial charge in [0.2, 0.25) is 10.0 Å². The predicted molar refractivity (Wildman–Crippen MR) is 106 cm³/mol. The number of carbonyl (C=O) groups is 1. The monoisotopic (exact) mass is 423 g/mol. The third kappa shape index (κ3) is 4.66. The van der Waals surface area contributed by atoms with Crippen LogP contribution in [-0.4, -0.2) is 38.9 Å². The van der Waals surface area contributed by atoms with Crippen LogP contribution >= 0.6 is 11.6 Å². The van der Waals surface area contributed by atoms with E-state index in [9.17, 15) is 13.2 Å². The van der Waals surface area contributed by atoms with Crippen LogP contribution in [0.1, 0.15) is 35.2 Å². The molecule has 1 heterocycles. The number of esters is 1. The standard InChI is InChI=1S/C20H22ClNO5S/c1-26-16-7-5-15(6-8-16)14-27-20(23)18-13-17(9-10-19(18)21)28(24,25)22-11-3-2-4-12-22/h5-10,13H,2-4,11-12,14H2,1H3. The van der Waals surface area contributed by atoms with Gasteiger partial charge in [-0.3, -0.25) is 0 Å². The summed E-state index contributed by atoms with van der Waals surface area (Å²) in [6, 6.07) is 11.2. The van der Waals surface area contributed by atoms with Crippen LogP contribution in [0, 0.1) is 0 Å². The van der Waals surface area contributed by atoms with Crippen molar-refractivity contribution < 1.29 is 22.7 Å². The molecule has 0 aliphatic carbocycles. The number of rotatable bonds is 6. The molecule has 1 saturated heterocycles. The van der Waals surface area contributed by atoms with Crippen LogP contribution in [-0.2, 0) is 21.4 Å². The highest BCUT2D eigenvalue weighted by Crippen LogP contribution is 2.26. The summed E-state index contributed by atoms with van der Waals surface area (Å²) < 4.78 is 37.5. The van der Waals surface area contributed by atoms with E-state index < -0.39 is 16.0 Å². The molecule has 0 atom stereocenters. The Bertz CT molecular complexity index is 938. The molecule has 0 amide bonds. The number of ether oxygens (including phenoxy) is 2. The number of piperidine rings is 1. The van der Waals surface area contributed by atoms with Crippen molar-refractivity contribution >= 4 is 27.6 Å². The first-order valence-electron chi connectivity index (χ1n) is 9.01. The maximum atomic E-state index is 12.8. The van der Waals surface area contributed by atoms with E-state index in [4.69, 9.17) is 21.1 Å². The van der Waals surface area contributed by atoms with Crippen molar-refractivity contribution in [3.05, 3.63) is 58.6 Å². The fourth-order valence-electron chi connectivity index (χ4n) is 3.02. The minimum Gasteiger partial charge on any atom is -0.497 e. The molecule has 0 unspecified atom stereocenters. The van der Waals surface area contributed by atoms with E-state index in [1.54, 1.807) is 31.4 Å². The molecule has 0 spiro atoms. The van der Waals surface area contributed by atoms with Gasteiger partial charge in [-0.25, -0.2) is 13.2 Å². The third-order valence-electron chi connectivity index (χ3n) is 4.64. The van der Waals surface area contributed by atoms with Gasteiger partial charge in [0, 0.05) is 13.1 Å². The molecule has 2 aromatic rings. The molecule has 1 aliphatic heterocycles. The van der Waals surface area contributed by atoms with Crippen molar-refractivity contribution in [1.29, 1.82) is 0 Å². The molecule has 1 fully saturated rings. The third-order valence-corrected chi connectivity index (χ3v) is 6.86. The normalized spacial score (nSPS) is 15.2. The molecule has 28 heavy (non-hydrogen) atoms. The smallest absolute Gasteiger partial charge is 0.340 e. The first-order chi connectivity index (χ1) is 13.4.